The van der Waals surface area contributed by atoms with E-state index in [1.54, 1.807) is 36.8 Å². The normalized spacial score (nSPS) is 27.3. The Hall–Kier alpha value is -3.15. The number of ether oxygens (including phenoxy) is 1. The van der Waals surface area contributed by atoms with Crippen LogP contribution in [0.3, 0.4) is 0 Å². The molecule has 2 aliphatic rings. The van der Waals surface area contributed by atoms with Gasteiger partial charge in [-0.25, -0.2) is 9.59 Å². The van der Waals surface area contributed by atoms with Crippen LogP contribution >= 0.6 is 0 Å². The summed E-state index contributed by atoms with van der Waals surface area (Å²) in [5.74, 6) is -1.51. The van der Waals surface area contributed by atoms with Crippen LogP contribution in [0.5, 0.6) is 0 Å². The largest absolute Gasteiger partial charge is 0.478 e. The first kappa shape index (κ1) is 22.1. The number of esters is 1. The first-order valence-corrected chi connectivity index (χ1v) is 11.1. The van der Waals surface area contributed by atoms with Crippen molar-refractivity contribution in [2.45, 2.75) is 39.0 Å². The predicted molar refractivity (Wildman–Crippen MR) is 117 cm³/mol. The molecule has 0 saturated heterocycles. The number of hydrogen-bond donors (Lipinski definition) is 1. The monoisotopic (exact) mass is 436 g/mol. The van der Waals surface area contributed by atoms with E-state index >= 15 is 0 Å². The van der Waals surface area contributed by atoms with Crippen molar-refractivity contribution in [1.82, 2.24) is 0 Å². The number of carbonyl (C=O) groups excluding carboxylic acids is 2. The van der Waals surface area contributed by atoms with E-state index in [-0.39, 0.29) is 41.7 Å². The number of allylic oxidation sites excluding steroid dienone is 1. The van der Waals surface area contributed by atoms with Crippen LogP contribution < -0.4 is 0 Å². The number of aliphatic carboxylic acids is 1. The van der Waals surface area contributed by atoms with Gasteiger partial charge in [-0.2, -0.15) is 0 Å². The summed E-state index contributed by atoms with van der Waals surface area (Å²) in [4.78, 5) is 36.9. The Morgan fingerprint density at radius 2 is 2.00 bits per heavy atom. The number of rotatable bonds is 7. The molecular weight excluding hydrogens is 408 g/mol. The smallest absolute Gasteiger partial charge is 0.338 e. The molecule has 6 heteroatoms. The quantitative estimate of drug-likeness (QED) is 0.632. The predicted octanol–water partition coefficient (Wildman–Crippen LogP) is 4.70. The molecule has 1 fully saturated rings. The Kier molecular flexibility index (Phi) is 6.31. The summed E-state index contributed by atoms with van der Waals surface area (Å²) >= 11 is 0. The maximum absolute atomic E-state index is 12.5. The zero-order valence-corrected chi connectivity index (χ0v) is 18.2. The summed E-state index contributed by atoms with van der Waals surface area (Å²) in [5.41, 5.74) is 1.22. The molecule has 1 aromatic carbocycles. The summed E-state index contributed by atoms with van der Waals surface area (Å²) < 4.78 is 10.9. The highest BCUT2D eigenvalue weighted by Crippen LogP contribution is 2.55. The van der Waals surface area contributed by atoms with E-state index in [1.165, 1.54) is 6.08 Å². The van der Waals surface area contributed by atoms with Crippen molar-refractivity contribution in [3.63, 3.8) is 0 Å². The number of ketones is 1. The second-order valence-corrected chi connectivity index (χ2v) is 9.15. The third-order valence-electron chi connectivity index (χ3n) is 7.33. The number of fused-ring (bicyclic) bond motifs is 1. The molecule has 1 aromatic heterocycles. The Bertz CT molecular complexity index is 1010. The van der Waals surface area contributed by atoms with Gasteiger partial charge >= 0.3 is 11.9 Å². The van der Waals surface area contributed by atoms with Gasteiger partial charge in [0.05, 0.1) is 24.7 Å². The summed E-state index contributed by atoms with van der Waals surface area (Å²) in [7, 11) is 0. The molecule has 0 aliphatic heterocycles. The first-order chi connectivity index (χ1) is 15.4. The molecule has 0 bridgehead atoms. The van der Waals surface area contributed by atoms with Crippen molar-refractivity contribution in [2.75, 3.05) is 6.61 Å². The lowest BCUT2D eigenvalue weighted by Crippen LogP contribution is -2.48. The molecule has 4 rings (SSSR count). The number of benzene rings is 1. The molecule has 0 amide bonds. The molecule has 1 N–H and O–H groups in total. The number of carboxylic acid groups (broad SMARTS) is 1. The fourth-order valence-electron chi connectivity index (χ4n) is 5.56. The van der Waals surface area contributed by atoms with Crippen LogP contribution in [0.15, 0.2) is 65.0 Å². The molecule has 2 aliphatic carbocycles. The topological polar surface area (TPSA) is 93.8 Å². The van der Waals surface area contributed by atoms with Crippen molar-refractivity contribution in [3.8, 4) is 0 Å². The number of aryl methyl sites for hydroxylation is 1. The van der Waals surface area contributed by atoms with E-state index in [2.05, 4.69) is 0 Å². The van der Waals surface area contributed by atoms with Crippen LogP contribution in [0, 0.1) is 23.2 Å². The van der Waals surface area contributed by atoms with Crippen LogP contribution in [0.4, 0.5) is 0 Å². The van der Waals surface area contributed by atoms with Crippen LogP contribution in [0.25, 0.3) is 0 Å². The van der Waals surface area contributed by atoms with Crippen LogP contribution in [0.2, 0.25) is 0 Å². The van der Waals surface area contributed by atoms with Gasteiger partial charge in [0.25, 0.3) is 0 Å². The molecule has 2 aromatic rings. The number of carbonyl (C=O) groups is 3. The Morgan fingerprint density at radius 1 is 1.22 bits per heavy atom. The van der Waals surface area contributed by atoms with E-state index in [1.807, 2.05) is 19.1 Å². The Morgan fingerprint density at radius 3 is 2.69 bits per heavy atom. The van der Waals surface area contributed by atoms with Gasteiger partial charge in [-0.1, -0.05) is 25.1 Å². The van der Waals surface area contributed by atoms with Crippen LogP contribution in [-0.4, -0.2) is 29.4 Å². The Labute approximate surface area is 187 Å². The lowest BCUT2D eigenvalue weighted by molar-refractivity contribution is -0.137. The molecular formula is C26H28O6. The molecule has 0 radical (unpaired) electrons. The lowest BCUT2D eigenvalue weighted by Gasteiger charge is -2.51. The Balaban J connectivity index is 1.56. The fraction of sp³-hybridized carbons (Fsp3) is 0.423. The third kappa shape index (κ3) is 4.40. The molecule has 1 saturated carbocycles. The van der Waals surface area contributed by atoms with Gasteiger partial charge < -0.3 is 14.3 Å². The molecule has 0 spiro atoms. The van der Waals surface area contributed by atoms with Gasteiger partial charge in [0, 0.05) is 17.4 Å². The zero-order valence-electron chi connectivity index (χ0n) is 18.2. The first-order valence-electron chi connectivity index (χ1n) is 11.1. The summed E-state index contributed by atoms with van der Waals surface area (Å²) in [6.45, 7) is 2.23. The van der Waals surface area contributed by atoms with E-state index < -0.39 is 11.4 Å². The maximum atomic E-state index is 12.5. The minimum atomic E-state index is -1.02. The fourth-order valence-corrected chi connectivity index (χ4v) is 5.56. The molecule has 0 unspecified atom stereocenters. The van der Waals surface area contributed by atoms with Crippen molar-refractivity contribution in [2.24, 2.45) is 23.2 Å². The second-order valence-electron chi connectivity index (χ2n) is 9.15. The van der Waals surface area contributed by atoms with Gasteiger partial charge in [-0.15, -0.1) is 0 Å². The number of carboxylic acids is 1. The van der Waals surface area contributed by atoms with Crippen LogP contribution in [0.1, 0.15) is 48.5 Å². The minimum Gasteiger partial charge on any atom is -0.478 e. The van der Waals surface area contributed by atoms with Crippen molar-refractivity contribution in [1.29, 1.82) is 0 Å². The molecule has 1 heterocycles. The molecule has 32 heavy (non-hydrogen) atoms. The maximum Gasteiger partial charge on any atom is 0.338 e. The number of hydrogen-bond acceptors (Lipinski definition) is 5. The second kappa shape index (κ2) is 9.15. The van der Waals surface area contributed by atoms with E-state index in [0.29, 0.717) is 18.4 Å². The highest BCUT2D eigenvalue weighted by Gasteiger charge is 2.52. The molecule has 6 nitrogen and oxygen atoms in total. The van der Waals surface area contributed by atoms with Crippen molar-refractivity contribution >= 4 is 17.7 Å². The molecule has 168 valence electrons. The van der Waals surface area contributed by atoms with Crippen molar-refractivity contribution in [3.05, 3.63) is 71.7 Å². The lowest BCUT2D eigenvalue weighted by atomic mass is 9.52. The highest BCUT2D eigenvalue weighted by atomic mass is 16.5. The minimum absolute atomic E-state index is 0.0548. The van der Waals surface area contributed by atoms with Gasteiger partial charge in [0.15, 0.2) is 5.78 Å². The SMILES string of the molecule is C[C@@]12CC[C@@H](COC(=O)c3ccccc3)[C@H](CCc3ccoc3)[C@H]1CC(=O)C=C2C(=O)O. The standard InChI is InChI=1S/C26H28O6/c1-26-11-9-19(16-32-25(30)18-5-3-2-4-6-18)21(8-7-17-10-12-31-15-17)22(26)13-20(27)14-23(26)24(28)29/h2-6,10,12,14-15,19,21-22H,7-9,11,13,16H2,1H3,(H,28,29)/t19-,21-,22+,26+/m0/s1. The van der Waals surface area contributed by atoms with Gasteiger partial charge in [-0.05, 0) is 73.3 Å². The van der Waals surface area contributed by atoms with E-state index in [0.717, 1.165) is 24.8 Å². The third-order valence-corrected chi connectivity index (χ3v) is 7.33. The zero-order chi connectivity index (χ0) is 22.7. The van der Waals surface area contributed by atoms with Crippen LogP contribution in [-0.2, 0) is 20.7 Å². The van der Waals surface area contributed by atoms with E-state index in [4.69, 9.17) is 9.15 Å². The summed E-state index contributed by atoms with van der Waals surface area (Å²) in [5, 5.41) is 9.79. The van der Waals surface area contributed by atoms with Gasteiger partial charge in [0.1, 0.15) is 0 Å². The number of furan rings is 1. The summed E-state index contributed by atoms with van der Waals surface area (Å²) in [6, 6.07) is 10.8. The van der Waals surface area contributed by atoms with Gasteiger partial charge in [-0.3, -0.25) is 4.79 Å². The van der Waals surface area contributed by atoms with Crippen molar-refractivity contribution < 1.29 is 28.6 Å². The highest BCUT2D eigenvalue weighted by molar-refractivity contribution is 6.01. The van der Waals surface area contributed by atoms with E-state index in [9.17, 15) is 19.5 Å². The molecule has 4 atom stereocenters. The van der Waals surface area contributed by atoms with Gasteiger partial charge in [0.2, 0.25) is 0 Å². The average molecular weight is 437 g/mol. The summed E-state index contributed by atoms with van der Waals surface area (Å²) in [6.07, 6.45) is 7.91. The average Bonchev–Trinajstić information content (AvgIpc) is 3.30.